The van der Waals surface area contributed by atoms with Crippen molar-refractivity contribution in [2.75, 3.05) is 7.11 Å². The molecule has 1 N–H and O–H groups in total. The number of hydrogen-bond acceptors (Lipinski definition) is 4. The minimum Gasteiger partial charge on any atom is -0.496 e. The highest BCUT2D eigenvalue weighted by atomic mass is 35.5. The minimum atomic E-state index is -0.261. The third kappa shape index (κ3) is 4.28. The summed E-state index contributed by atoms with van der Waals surface area (Å²) < 4.78 is 7.50. The van der Waals surface area contributed by atoms with Crippen LogP contribution in [0.4, 0.5) is 0 Å². The van der Waals surface area contributed by atoms with Gasteiger partial charge in [-0.2, -0.15) is 0 Å². The molecule has 30 heavy (non-hydrogen) atoms. The van der Waals surface area contributed by atoms with Gasteiger partial charge in [0, 0.05) is 49.2 Å². The van der Waals surface area contributed by atoms with Gasteiger partial charge in [-0.15, -0.1) is 0 Å². The number of carbonyl (C=O) groups is 1. The van der Waals surface area contributed by atoms with Crippen molar-refractivity contribution < 1.29 is 9.53 Å². The molecule has 0 saturated heterocycles. The van der Waals surface area contributed by atoms with Gasteiger partial charge in [0.1, 0.15) is 11.4 Å². The second-order valence-electron chi connectivity index (χ2n) is 6.90. The Bertz CT molecular complexity index is 1160. The SMILES string of the molecule is COc1ccccc1C(CC(=O)NCc1cccnc1)c1cnc2ccc(Cl)cn12. The van der Waals surface area contributed by atoms with Crippen molar-refractivity contribution in [3.8, 4) is 5.75 Å². The molecule has 0 saturated carbocycles. The van der Waals surface area contributed by atoms with Crippen LogP contribution in [0.1, 0.15) is 29.2 Å². The van der Waals surface area contributed by atoms with Crippen LogP contribution in [0.25, 0.3) is 5.65 Å². The third-order valence-corrected chi connectivity index (χ3v) is 5.20. The Morgan fingerprint density at radius 3 is 2.83 bits per heavy atom. The van der Waals surface area contributed by atoms with E-state index in [9.17, 15) is 4.79 Å². The average Bonchev–Trinajstić information content (AvgIpc) is 3.19. The molecule has 4 aromatic rings. The van der Waals surface area contributed by atoms with Gasteiger partial charge in [-0.05, 0) is 29.8 Å². The molecule has 1 unspecified atom stereocenters. The number of fused-ring (bicyclic) bond motifs is 1. The number of nitrogens with zero attached hydrogens (tertiary/aromatic N) is 3. The number of amides is 1. The highest BCUT2D eigenvalue weighted by molar-refractivity contribution is 6.30. The van der Waals surface area contributed by atoms with Gasteiger partial charge in [-0.3, -0.25) is 9.78 Å². The molecule has 0 aliphatic carbocycles. The van der Waals surface area contributed by atoms with Crippen molar-refractivity contribution in [2.45, 2.75) is 18.9 Å². The summed E-state index contributed by atoms with van der Waals surface area (Å²) >= 11 is 6.22. The van der Waals surface area contributed by atoms with Crippen LogP contribution in [0.15, 0.2) is 73.3 Å². The van der Waals surface area contributed by atoms with Gasteiger partial charge in [-0.1, -0.05) is 35.9 Å². The quantitative estimate of drug-likeness (QED) is 0.485. The number of rotatable bonds is 7. The minimum absolute atomic E-state index is 0.0771. The first-order valence-electron chi connectivity index (χ1n) is 9.56. The third-order valence-electron chi connectivity index (χ3n) is 4.97. The number of benzene rings is 1. The van der Waals surface area contributed by atoms with E-state index in [0.29, 0.717) is 11.6 Å². The summed E-state index contributed by atoms with van der Waals surface area (Å²) in [5.74, 6) is 0.384. The molecule has 0 fully saturated rings. The number of nitrogens with one attached hydrogen (secondary N) is 1. The largest absolute Gasteiger partial charge is 0.496 e. The molecule has 0 aliphatic rings. The van der Waals surface area contributed by atoms with Crippen LogP contribution >= 0.6 is 11.6 Å². The summed E-state index contributed by atoms with van der Waals surface area (Å²) in [5, 5.41) is 3.58. The van der Waals surface area contributed by atoms with E-state index in [1.807, 2.05) is 53.1 Å². The molecule has 0 aliphatic heterocycles. The predicted octanol–water partition coefficient (Wildman–Crippen LogP) is 4.23. The first-order chi connectivity index (χ1) is 14.7. The Morgan fingerprint density at radius 2 is 2.03 bits per heavy atom. The predicted molar refractivity (Wildman–Crippen MR) is 116 cm³/mol. The average molecular weight is 421 g/mol. The van der Waals surface area contributed by atoms with E-state index in [0.717, 1.165) is 28.2 Å². The molecule has 0 spiro atoms. The molecule has 1 amide bonds. The topological polar surface area (TPSA) is 68.5 Å². The second-order valence-corrected chi connectivity index (χ2v) is 7.33. The van der Waals surface area contributed by atoms with E-state index in [1.54, 1.807) is 31.8 Å². The van der Waals surface area contributed by atoms with Gasteiger partial charge in [0.15, 0.2) is 0 Å². The lowest BCUT2D eigenvalue weighted by molar-refractivity contribution is -0.121. The van der Waals surface area contributed by atoms with Crippen molar-refractivity contribution >= 4 is 23.2 Å². The monoisotopic (exact) mass is 420 g/mol. The van der Waals surface area contributed by atoms with Gasteiger partial charge < -0.3 is 14.5 Å². The van der Waals surface area contributed by atoms with Gasteiger partial charge in [0.2, 0.25) is 5.91 Å². The number of pyridine rings is 2. The van der Waals surface area contributed by atoms with Crippen LogP contribution in [0, 0.1) is 0 Å². The van der Waals surface area contributed by atoms with E-state index in [4.69, 9.17) is 16.3 Å². The molecular weight excluding hydrogens is 400 g/mol. The van der Waals surface area contributed by atoms with Crippen LogP contribution in [-0.2, 0) is 11.3 Å². The van der Waals surface area contributed by atoms with E-state index in [1.165, 1.54) is 0 Å². The normalized spacial score (nSPS) is 11.9. The lowest BCUT2D eigenvalue weighted by Gasteiger charge is -2.20. The molecule has 1 atom stereocenters. The van der Waals surface area contributed by atoms with E-state index in [-0.39, 0.29) is 18.2 Å². The lowest BCUT2D eigenvalue weighted by atomic mass is 9.91. The van der Waals surface area contributed by atoms with E-state index < -0.39 is 0 Å². The molecular formula is C23H21ClN4O2. The Hall–Kier alpha value is -3.38. The molecule has 0 bridgehead atoms. The summed E-state index contributed by atoms with van der Waals surface area (Å²) in [6.45, 7) is 0.421. The number of aromatic nitrogens is 3. The van der Waals surface area contributed by atoms with Gasteiger partial charge in [-0.25, -0.2) is 4.98 Å². The highest BCUT2D eigenvalue weighted by Gasteiger charge is 2.24. The van der Waals surface area contributed by atoms with Crippen molar-refractivity contribution in [2.24, 2.45) is 0 Å². The maximum atomic E-state index is 12.9. The summed E-state index contributed by atoms with van der Waals surface area (Å²) in [6.07, 6.45) is 7.29. The second kappa shape index (κ2) is 8.97. The van der Waals surface area contributed by atoms with E-state index in [2.05, 4.69) is 15.3 Å². The Balaban J connectivity index is 1.67. The number of ether oxygens (including phenoxy) is 1. The first kappa shape index (κ1) is 19.9. The van der Waals surface area contributed by atoms with Gasteiger partial charge >= 0.3 is 0 Å². The maximum Gasteiger partial charge on any atom is 0.221 e. The zero-order chi connectivity index (χ0) is 20.9. The Labute approximate surface area is 179 Å². The van der Waals surface area contributed by atoms with Crippen LogP contribution in [0.2, 0.25) is 5.02 Å². The fraction of sp³-hybridized carbons (Fsp3) is 0.174. The smallest absolute Gasteiger partial charge is 0.221 e. The Kier molecular flexibility index (Phi) is 5.95. The number of imidazole rings is 1. The van der Waals surface area contributed by atoms with Crippen LogP contribution in [0.5, 0.6) is 5.75 Å². The molecule has 1 aromatic carbocycles. The molecule has 7 heteroatoms. The molecule has 0 radical (unpaired) electrons. The molecule has 6 nitrogen and oxygen atoms in total. The first-order valence-corrected chi connectivity index (χ1v) is 9.94. The van der Waals surface area contributed by atoms with Crippen LogP contribution in [-0.4, -0.2) is 27.4 Å². The van der Waals surface area contributed by atoms with Crippen molar-refractivity contribution in [3.05, 3.63) is 95.2 Å². The number of methoxy groups -OCH3 is 1. The van der Waals surface area contributed by atoms with Crippen LogP contribution in [0.3, 0.4) is 0 Å². The molecule has 4 rings (SSSR count). The van der Waals surface area contributed by atoms with Gasteiger partial charge in [0.25, 0.3) is 0 Å². The van der Waals surface area contributed by atoms with Crippen LogP contribution < -0.4 is 10.1 Å². The maximum absolute atomic E-state index is 12.9. The van der Waals surface area contributed by atoms with Crippen molar-refractivity contribution in [3.63, 3.8) is 0 Å². The van der Waals surface area contributed by atoms with Crippen molar-refractivity contribution in [1.29, 1.82) is 0 Å². The fourth-order valence-electron chi connectivity index (χ4n) is 3.52. The summed E-state index contributed by atoms with van der Waals surface area (Å²) in [4.78, 5) is 21.4. The zero-order valence-corrected chi connectivity index (χ0v) is 17.2. The lowest BCUT2D eigenvalue weighted by Crippen LogP contribution is -2.25. The number of para-hydroxylation sites is 1. The van der Waals surface area contributed by atoms with Crippen molar-refractivity contribution in [1.82, 2.24) is 19.7 Å². The fourth-order valence-corrected chi connectivity index (χ4v) is 3.68. The summed E-state index contributed by atoms with van der Waals surface area (Å²) in [7, 11) is 1.63. The summed E-state index contributed by atoms with van der Waals surface area (Å²) in [5.41, 5.74) is 3.50. The van der Waals surface area contributed by atoms with Gasteiger partial charge in [0.05, 0.1) is 17.8 Å². The van der Waals surface area contributed by atoms with E-state index >= 15 is 0 Å². The highest BCUT2D eigenvalue weighted by Crippen LogP contribution is 2.35. The molecule has 3 aromatic heterocycles. The standard InChI is InChI=1S/C23H21ClN4O2/c1-30-21-7-3-2-6-18(21)19(11-23(29)27-13-16-5-4-10-25-12-16)20-14-26-22-9-8-17(24)15-28(20)22/h2-10,12,14-15,19H,11,13H2,1H3,(H,27,29). The Morgan fingerprint density at radius 1 is 1.17 bits per heavy atom. The zero-order valence-electron chi connectivity index (χ0n) is 16.5. The number of halogens is 1. The number of carbonyl (C=O) groups excluding carboxylic acids is 1. The molecule has 3 heterocycles. The molecule has 152 valence electrons. The summed E-state index contributed by atoms with van der Waals surface area (Å²) in [6, 6.07) is 15.1. The number of hydrogen-bond donors (Lipinski definition) is 1.